The highest BCUT2D eigenvalue weighted by Gasteiger charge is 2.17. The van der Waals surface area contributed by atoms with E-state index in [1.807, 2.05) is 25.1 Å². The molecule has 0 aliphatic carbocycles. The van der Waals surface area contributed by atoms with Crippen LogP contribution in [0.1, 0.15) is 22.3 Å². The normalized spacial score (nSPS) is 10.9. The summed E-state index contributed by atoms with van der Waals surface area (Å²) < 4.78 is 16.0. The van der Waals surface area contributed by atoms with Crippen LogP contribution >= 0.6 is 23.2 Å². The summed E-state index contributed by atoms with van der Waals surface area (Å²) in [4.78, 5) is 23.9. The summed E-state index contributed by atoms with van der Waals surface area (Å²) >= 11 is 12.0. The van der Waals surface area contributed by atoms with Gasteiger partial charge in [0.25, 0.3) is 0 Å². The van der Waals surface area contributed by atoms with Gasteiger partial charge >= 0.3 is 11.6 Å². The van der Waals surface area contributed by atoms with Crippen LogP contribution in [0.2, 0.25) is 10.0 Å². The zero-order chi connectivity index (χ0) is 20.4. The first kappa shape index (κ1) is 20.2. The second-order valence-electron chi connectivity index (χ2n) is 6.35. The average molecular weight is 421 g/mol. The van der Waals surface area contributed by atoms with Gasteiger partial charge in [0.05, 0.1) is 29.1 Å². The summed E-state index contributed by atoms with van der Waals surface area (Å²) in [5.41, 5.74) is 2.42. The second kappa shape index (κ2) is 8.25. The lowest BCUT2D eigenvalue weighted by Gasteiger charge is -2.13. The van der Waals surface area contributed by atoms with Crippen molar-refractivity contribution in [2.75, 3.05) is 7.11 Å². The van der Waals surface area contributed by atoms with Crippen molar-refractivity contribution in [1.29, 1.82) is 0 Å². The van der Waals surface area contributed by atoms with E-state index in [-0.39, 0.29) is 13.0 Å². The number of halogens is 2. The number of ether oxygens (including phenoxy) is 2. The van der Waals surface area contributed by atoms with E-state index in [1.54, 1.807) is 19.1 Å². The minimum absolute atomic E-state index is 0.130. The van der Waals surface area contributed by atoms with Gasteiger partial charge in [-0.25, -0.2) is 4.79 Å². The first-order chi connectivity index (χ1) is 13.3. The fraction of sp³-hybridized carbons (Fsp3) is 0.238. The van der Waals surface area contributed by atoms with Gasteiger partial charge in [0, 0.05) is 10.9 Å². The molecule has 7 heteroatoms. The summed E-state index contributed by atoms with van der Waals surface area (Å²) in [6, 6.07) is 8.90. The van der Waals surface area contributed by atoms with E-state index in [0.29, 0.717) is 38.1 Å². The van der Waals surface area contributed by atoms with Crippen molar-refractivity contribution in [3.8, 4) is 5.75 Å². The lowest BCUT2D eigenvalue weighted by atomic mass is 10.0. The van der Waals surface area contributed by atoms with E-state index in [2.05, 4.69) is 4.74 Å². The summed E-state index contributed by atoms with van der Waals surface area (Å²) in [5, 5.41) is 1.68. The van der Waals surface area contributed by atoms with E-state index >= 15 is 0 Å². The number of carbonyl (C=O) groups is 1. The molecule has 146 valence electrons. The molecule has 0 aliphatic heterocycles. The zero-order valence-electron chi connectivity index (χ0n) is 15.6. The fourth-order valence-corrected chi connectivity index (χ4v) is 3.26. The highest BCUT2D eigenvalue weighted by Crippen LogP contribution is 2.30. The SMILES string of the molecule is COC(=O)Cc1c(C)c2ccc(OCc3ccc(Cl)c(Cl)c3)c(C)c2oc1=O. The predicted molar refractivity (Wildman–Crippen MR) is 108 cm³/mol. The molecule has 1 aromatic heterocycles. The number of esters is 1. The van der Waals surface area contributed by atoms with Gasteiger partial charge in [-0.3, -0.25) is 4.79 Å². The number of benzene rings is 2. The number of fused-ring (bicyclic) bond motifs is 1. The molecular weight excluding hydrogens is 403 g/mol. The van der Waals surface area contributed by atoms with Gasteiger partial charge < -0.3 is 13.9 Å². The molecule has 0 unspecified atom stereocenters. The third kappa shape index (κ3) is 4.01. The molecular formula is C21H18Cl2O5. The molecule has 0 amide bonds. The van der Waals surface area contributed by atoms with Crippen LogP contribution in [0.25, 0.3) is 11.0 Å². The van der Waals surface area contributed by atoms with Gasteiger partial charge in [0.2, 0.25) is 0 Å². The third-order valence-electron chi connectivity index (χ3n) is 4.58. The maximum absolute atomic E-state index is 12.4. The molecule has 0 N–H and O–H groups in total. The first-order valence-corrected chi connectivity index (χ1v) is 9.26. The van der Waals surface area contributed by atoms with Crippen LogP contribution in [0.5, 0.6) is 5.75 Å². The van der Waals surface area contributed by atoms with Crippen molar-refractivity contribution >= 4 is 40.1 Å². The molecule has 3 rings (SSSR count). The van der Waals surface area contributed by atoms with Crippen molar-refractivity contribution in [3.05, 3.63) is 73.1 Å². The van der Waals surface area contributed by atoms with Gasteiger partial charge in [-0.2, -0.15) is 0 Å². The predicted octanol–water partition coefficient (Wildman–Crippen LogP) is 5.01. The molecule has 0 fully saturated rings. The molecule has 5 nitrogen and oxygen atoms in total. The summed E-state index contributed by atoms with van der Waals surface area (Å²) in [5.74, 6) is 0.0925. The zero-order valence-corrected chi connectivity index (χ0v) is 17.1. The Kier molecular flexibility index (Phi) is 5.96. The molecule has 0 saturated carbocycles. The van der Waals surface area contributed by atoms with Crippen molar-refractivity contribution in [1.82, 2.24) is 0 Å². The number of hydrogen-bond donors (Lipinski definition) is 0. The van der Waals surface area contributed by atoms with E-state index in [1.165, 1.54) is 7.11 Å². The third-order valence-corrected chi connectivity index (χ3v) is 5.32. The Morgan fingerprint density at radius 1 is 1.07 bits per heavy atom. The largest absolute Gasteiger partial charge is 0.488 e. The maximum Gasteiger partial charge on any atom is 0.340 e. The van der Waals surface area contributed by atoms with Crippen LogP contribution in [0.3, 0.4) is 0 Å². The van der Waals surface area contributed by atoms with E-state index < -0.39 is 11.6 Å². The Morgan fingerprint density at radius 3 is 2.50 bits per heavy atom. The second-order valence-corrected chi connectivity index (χ2v) is 7.16. The van der Waals surface area contributed by atoms with Crippen LogP contribution in [0.4, 0.5) is 0 Å². The molecule has 0 saturated heterocycles. The molecule has 0 spiro atoms. The average Bonchev–Trinajstić information content (AvgIpc) is 2.67. The summed E-state index contributed by atoms with van der Waals surface area (Å²) in [6.07, 6.45) is -0.130. The molecule has 0 aliphatic rings. The Balaban J connectivity index is 1.94. The number of rotatable bonds is 5. The van der Waals surface area contributed by atoms with Crippen LogP contribution in [0.15, 0.2) is 39.5 Å². The first-order valence-electron chi connectivity index (χ1n) is 8.51. The van der Waals surface area contributed by atoms with Crippen molar-refractivity contribution < 1.29 is 18.7 Å². The Labute approximate surface area is 171 Å². The Morgan fingerprint density at radius 2 is 1.82 bits per heavy atom. The van der Waals surface area contributed by atoms with Crippen LogP contribution < -0.4 is 10.4 Å². The highest BCUT2D eigenvalue weighted by atomic mass is 35.5. The molecule has 1 heterocycles. The molecule has 28 heavy (non-hydrogen) atoms. The Hall–Kier alpha value is -2.50. The number of hydrogen-bond acceptors (Lipinski definition) is 5. The van der Waals surface area contributed by atoms with E-state index in [0.717, 1.165) is 10.9 Å². The maximum atomic E-state index is 12.4. The van der Waals surface area contributed by atoms with Gasteiger partial charge in [-0.15, -0.1) is 0 Å². The van der Waals surface area contributed by atoms with E-state index in [4.69, 9.17) is 32.4 Å². The van der Waals surface area contributed by atoms with Crippen LogP contribution in [0, 0.1) is 13.8 Å². The van der Waals surface area contributed by atoms with E-state index in [9.17, 15) is 9.59 Å². The van der Waals surface area contributed by atoms with Crippen molar-refractivity contribution in [3.63, 3.8) is 0 Å². The molecule has 0 bridgehead atoms. The van der Waals surface area contributed by atoms with Crippen LogP contribution in [-0.2, 0) is 22.6 Å². The Bertz CT molecular complexity index is 1120. The fourth-order valence-electron chi connectivity index (χ4n) is 2.94. The van der Waals surface area contributed by atoms with Gasteiger partial charge in [-0.05, 0) is 49.2 Å². The topological polar surface area (TPSA) is 65.7 Å². The minimum atomic E-state index is -0.555. The summed E-state index contributed by atoms with van der Waals surface area (Å²) in [6.45, 7) is 3.88. The number of aryl methyl sites for hydroxylation is 2. The lowest BCUT2D eigenvalue weighted by molar-refractivity contribution is -0.139. The molecule has 2 aromatic carbocycles. The molecule has 0 radical (unpaired) electrons. The van der Waals surface area contributed by atoms with Crippen molar-refractivity contribution in [2.24, 2.45) is 0 Å². The van der Waals surface area contributed by atoms with Crippen LogP contribution in [-0.4, -0.2) is 13.1 Å². The molecule has 3 aromatic rings. The number of methoxy groups -OCH3 is 1. The summed E-state index contributed by atoms with van der Waals surface area (Å²) in [7, 11) is 1.28. The van der Waals surface area contributed by atoms with Crippen molar-refractivity contribution in [2.45, 2.75) is 26.9 Å². The highest BCUT2D eigenvalue weighted by molar-refractivity contribution is 6.42. The van der Waals surface area contributed by atoms with Gasteiger partial charge in [0.15, 0.2) is 0 Å². The van der Waals surface area contributed by atoms with Gasteiger partial charge in [0.1, 0.15) is 17.9 Å². The monoisotopic (exact) mass is 420 g/mol. The lowest BCUT2D eigenvalue weighted by Crippen LogP contribution is -2.16. The standard InChI is InChI=1S/C21H18Cl2O5/c1-11-14-5-7-18(27-10-13-4-6-16(22)17(23)8-13)12(2)20(14)28-21(25)15(11)9-19(24)26-3/h4-8H,9-10H2,1-3H3. The van der Waals surface area contributed by atoms with Gasteiger partial charge in [-0.1, -0.05) is 29.3 Å². The molecule has 0 atom stereocenters. The smallest absolute Gasteiger partial charge is 0.340 e. The minimum Gasteiger partial charge on any atom is -0.488 e. The quantitative estimate of drug-likeness (QED) is 0.428. The number of carbonyl (C=O) groups excluding carboxylic acids is 1.